The highest BCUT2D eigenvalue weighted by molar-refractivity contribution is 7.90. The van der Waals surface area contributed by atoms with Crippen molar-refractivity contribution in [2.45, 2.75) is 37.1 Å². The number of piperidine rings is 1. The van der Waals surface area contributed by atoms with Crippen LogP contribution in [0.1, 0.15) is 29.7 Å². The minimum atomic E-state index is -3.66. The average Bonchev–Trinajstić information content (AvgIpc) is 3.38. The van der Waals surface area contributed by atoms with Gasteiger partial charge in [-0.3, -0.25) is 5.32 Å². The highest BCUT2D eigenvalue weighted by atomic mass is 32.2. The van der Waals surface area contributed by atoms with Crippen LogP contribution in [0.5, 0.6) is 0 Å². The van der Waals surface area contributed by atoms with Crippen LogP contribution >= 0.6 is 11.3 Å². The van der Waals surface area contributed by atoms with Crippen LogP contribution in [0, 0.1) is 6.92 Å². The first-order valence-electron chi connectivity index (χ1n) is 10.3. The summed E-state index contributed by atoms with van der Waals surface area (Å²) >= 11 is 1.11. The number of hydrogen-bond donors (Lipinski definition) is 2. The van der Waals surface area contributed by atoms with Crippen molar-refractivity contribution in [3.63, 3.8) is 0 Å². The van der Waals surface area contributed by atoms with Gasteiger partial charge in [-0.1, -0.05) is 6.07 Å². The van der Waals surface area contributed by atoms with Gasteiger partial charge in [0.25, 0.3) is 0 Å². The van der Waals surface area contributed by atoms with Gasteiger partial charge in [-0.15, -0.1) is 21.5 Å². The van der Waals surface area contributed by atoms with Crippen molar-refractivity contribution in [2.75, 3.05) is 28.6 Å². The number of anilines is 3. The normalized spacial score (nSPS) is 14.4. The van der Waals surface area contributed by atoms with Crippen LogP contribution in [0.4, 0.5) is 21.3 Å². The second-order valence-electron chi connectivity index (χ2n) is 7.76. The maximum Gasteiger partial charge on any atom is 0.325 e. The summed E-state index contributed by atoms with van der Waals surface area (Å²) in [5, 5.41) is 13.1. The SMILES string of the molecule is Cc1ccc(NC(=O)Nc2ncc(CS(=O)(=O)c3nncn3C)s2)c(N2CCCCC2)c1. The van der Waals surface area contributed by atoms with Crippen LogP contribution in [0.25, 0.3) is 0 Å². The number of sulfone groups is 1. The molecule has 170 valence electrons. The number of hydrogen-bond acceptors (Lipinski definition) is 8. The molecule has 4 rings (SSSR count). The fourth-order valence-corrected chi connectivity index (χ4v) is 6.17. The zero-order chi connectivity index (χ0) is 22.7. The number of nitrogens with one attached hydrogen (secondary N) is 2. The Morgan fingerprint density at radius 3 is 2.69 bits per heavy atom. The smallest absolute Gasteiger partial charge is 0.325 e. The summed E-state index contributed by atoms with van der Waals surface area (Å²) < 4.78 is 26.4. The highest BCUT2D eigenvalue weighted by Gasteiger charge is 2.23. The molecule has 0 bridgehead atoms. The molecule has 2 aromatic heterocycles. The molecule has 2 N–H and O–H groups in total. The molecule has 0 spiro atoms. The number of nitrogens with zero attached hydrogens (tertiary/aromatic N) is 5. The molecule has 0 aliphatic carbocycles. The highest BCUT2D eigenvalue weighted by Crippen LogP contribution is 2.30. The summed E-state index contributed by atoms with van der Waals surface area (Å²) in [5.41, 5.74) is 2.87. The molecule has 0 radical (unpaired) electrons. The third-order valence-corrected chi connectivity index (χ3v) is 7.87. The van der Waals surface area contributed by atoms with Crippen molar-refractivity contribution in [1.29, 1.82) is 0 Å². The third kappa shape index (κ3) is 5.07. The zero-order valence-corrected chi connectivity index (χ0v) is 19.5. The van der Waals surface area contributed by atoms with Crippen molar-refractivity contribution in [1.82, 2.24) is 19.7 Å². The number of aromatic nitrogens is 4. The van der Waals surface area contributed by atoms with Crippen molar-refractivity contribution >= 4 is 43.7 Å². The van der Waals surface area contributed by atoms with Crippen LogP contribution in [0.3, 0.4) is 0 Å². The van der Waals surface area contributed by atoms with Crippen LogP contribution in [-0.4, -0.2) is 47.3 Å². The molecular formula is C20H25N7O3S2. The molecule has 1 saturated heterocycles. The van der Waals surface area contributed by atoms with E-state index in [1.54, 1.807) is 7.05 Å². The van der Waals surface area contributed by atoms with E-state index in [0.29, 0.717) is 10.0 Å². The van der Waals surface area contributed by atoms with Gasteiger partial charge < -0.3 is 14.8 Å². The van der Waals surface area contributed by atoms with E-state index in [0.717, 1.165) is 54.2 Å². The average molecular weight is 476 g/mol. The van der Waals surface area contributed by atoms with Gasteiger partial charge in [-0.25, -0.2) is 18.2 Å². The Morgan fingerprint density at radius 1 is 1.19 bits per heavy atom. The molecule has 1 aliphatic heterocycles. The molecule has 0 unspecified atom stereocenters. The lowest BCUT2D eigenvalue weighted by atomic mass is 10.1. The molecule has 1 aliphatic rings. The van der Waals surface area contributed by atoms with E-state index in [-0.39, 0.29) is 10.9 Å². The zero-order valence-electron chi connectivity index (χ0n) is 17.9. The summed E-state index contributed by atoms with van der Waals surface area (Å²) in [6, 6.07) is 5.52. The molecule has 3 heterocycles. The van der Waals surface area contributed by atoms with Gasteiger partial charge in [0.05, 0.1) is 17.1 Å². The number of carbonyl (C=O) groups is 1. The lowest BCUT2D eigenvalue weighted by Crippen LogP contribution is -2.31. The van der Waals surface area contributed by atoms with Gasteiger partial charge >= 0.3 is 6.03 Å². The molecule has 1 aromatic carbocycles. The maximum atomic E-state index is 12.6. The fourth-order valence-electron chi connectivity index (χ4n) is 3.63. The number of benzene rings is 1. The molecule has 32 heavy (non-hydrogen) atoms. The predicted octanol–water partition coefficient (Wildman–Crippen LogP) is 3.19. The topological polar surface area (TPSA) is 122 Å². The Hall–Kier alpha value is -2.99. The number of urea groups is 1. The number of amides is 2. The van der Waals surface area contributed by atoms with Crippen LogP contribution in [0.2, 0.25) is 0 Å². The minimum Gasteiger partial charge on any atom is -0.370 e. The minimum absolute atomic E-state index is 0.109. The molecule has 0 saturated carbocycles. The van der Waals surface area contributed by atoms with Crippen LogP contribution in [0.15, 0.2) is 35.9 Å². The number of thiazole rings is 1. The summed E-state index contributed by atoms with van der Waals surface area (Å²) in [6.07, 6.45) is 6.28. The van der Waals surface area contributed by atoms with Crippen molar-refractivity contribution < 1.29 is 13.2 Å². The third-order valence-electron chi connectivity index (χ3n) is 5.15. The van der Waals surface area contributed by atoms with Gasteiger partial charge in [0.1, 0.15) is 6.33 Å². The predicted molar refractivity (Wildman–Crippen MR) is 124 cm³/mol. The molecule has 0 atom stereocenters. The first kappa shape index (κ1) is 22.2. The van der Waals surface area contributed by atoms with E-state index in [4.69, 9.17) is 0 Å². The largest absolute Gasteiger partial charge is 0.370 e. The van der Waals surface area contributed by atoms with Crippen molar-refractivity contribution in [2.24, 2.45) is 7.05 Å². The van der Waals surface area contributed by atoms with Crippen molar-refractivity contribution in [3.8, 4) is 0 Å². The van der Waals surface area contributed by atoms with Gasteiger partial charge in [0, 0.05) is 31.2 Å². The molecule has 2 amide bonds. The Morgan fingerprint density at radius 2 is 1.97 bits per heavy atom. The van der Waals surface area contributed by atoms with Gasteiger partial charge in [-0.05, 0) is 43.9 Å². The summed E-state index contributed by atoms with van der Waals surface area (Å²) in [7, 11) is -2.09. The standard InChI is InChI=1S/C20H25N7O3S2/c1-14-6-7-16(17(10-14)27-8-4-3-5-9-27)23-18(28)24-19-21-11-15(31-19)12-32(29,30)20-25-22-13-26(20)2/h6-7,10-11,13H,3-5,8-9,12H2,1-2H3,(H2,21,23,24,28). The number of carbonyl (C=O) groups excluding carboxylic acids is 1. The number of aryl methyl sites for hydroxylation is 2. The fraction of sp³-hybridized carbons (Fsp3) is 0.400. The number of rotatable bonds is 6. The Labute approximate surface area is 190 Å². The van der Waals surface area contributed by atoms with E-state index in [1.165, 1.54) is 23.5 Å². The molecule has 3 aromatic rings. The quantitative estimate of drug-likeness (QED) is 0.561. The van der Waals surface area contributed by atoms with Gasteiger partial charge in [0.2, 0.25) is 15.0 Å². The first-order valence-corrected chi connectivity index (χ1v) is 12.7. The lowest BCUT2D eigenvalue weighted by Gasteiger charge is -2.30. The maximum absolute atomic E-state index is 12.6. The molecule has 12 heteroatoms. The Balaban J connectivity index is 1.43. The summed E-state index contributed by atoms with van der Waals surface area (Å²) in [5.74, 6) is -0.266. The molecular weight excluding hydrogens is 450 g/mol. The first-order chi connectivity index (χ1) is 15.3. The summed E-state index contributed by atoms with van der Waals surface area (Å²) in [4.78, 5) is 19.5. The van der Waals surface area contributed by atoms with Crippen molar-refractivity contribution in [3.05, 3.63) is 41.2 Å². The molecule has 1 fully saturated rings. The van der Waals surface area contributed by atoms with Gasteiger partial charge in [0.15, 0.2) is 5.13 Å². The van der Waals surface area contributed by atoms with E-state index in [9.17, 15) is 13.2 Å². The second-order valence-corrected chi connectivity index (χ2v) is 10.8. The molecule has 10 nitrogen and oxygen atoms in total. The second kappa shape index (κ2) is 9.25. The van der Waals surface area contributed by atoms with E-state index < -0.39 is 15.9 Å². The Kier molecular flexibility index (Phi) is 6.42. The van der Waals surface area contributed by atoms with Crippen LogP contribution < -0.4 is 15.5 Å². The van der Waals surface area contributed by atoms with Crippen LogP contribution in [-0.2, 0) is 22.6 Å². The Bertz CT molecular complexity index is 1210. The van der Waals surface area contributed by atoms with E-state index >= 15 is 0 Å². The summed E-state index contributed by atoms with van der Waals surface area (Å²) in [6.45, 7) is 3.97. The monoisotopic (exact) mass is 475 g/mol. The van der Waals surface area contributed by atoms with E-state index in [2.05, 4.69) is 36.8 Å². The van der Waals surface area contributed by atoms with E-state index in [1.807, 2.05) is 19.1 Å². The lowest BCUT2D eigenvalue weighted by molar-refractivity contribution is 0.262. The van der Waals surface area contributed by atoms with Gasteiger partial charge in [-0.2, -0.15) is 0 Å².